The van der Waals surface area contributed by atoms with Gasteiger partial charge < -0.3 is 9.88 Å². The second-order valence-corrected chi connectivity index (χ2v) is 8.49. The average molecular weight is 434 g/mol. The zero-order valence-electron chi connectivity index (χ0n) is 16.7. The third-order valence-corrected chi connectivity index (χ3v) is 6.00. The van der Waals surface area contributed by atoms with Gasteiger partial charge in [-0.05, 0) is 30.7 Å². The van der Waals surface area contributed by atoms with E-state index in [0.717, 1.165) is 4.57 Å². The quantitative estimate of drug-likeness (QED) is 0.527. The smallest absolute Gasteiger partial charge is 0.325 e. The summed E-state index contributed by atoms with van der Waals surface area (Å²) in [7, 11) is -0.743. The Morgan fingerprint density at radius 3 is 2.40 bits per heavy atom. The van der Waals surface area contributed by atoms with Gasteiger partial charge in [-0.1, -0.05) is 6.92 Å². The van der Waals surface area contributed by atoms with Crippen LogP contribution in [0.2, 0.25) is 0 Å². The van der Waals surface area contributed by atoms with Crippen molar-refractivity contribution in [2.45, 2.75) is 24.8 Å². The van der Waals surface area contributed by atoms with E-state index in [1.165, 1.54) is 53.8 Å². The SMILES string of the molecule is CCCNS(=O)(=O)c1ccc(NC(=O)Cn2cnc3c2c(=O)n(C)c(=O)n3C)cc1. The van der Waals surface area contributed by atoms with Gasteiger partial charge in [0, 0.05) is 26.3 Å². The second-order valence-electron chi connectivity index (χ2n) is 6.72. The lowest BCUT2D eigenvalue weighted by molar-refractivity contribution is -0.116. The lowest BCUT2D eigenvalue weighted by Crippen LogP contribution is -2.37. The summed E-state index contributed by atoms with van der Waals surface area (Å²) in [4.78, 5) is 41.0. The Hall–Kier alpha value is -3.25. The Morgan fingerprint density at radius 2 is 1.77 bits per heavy atom. The summed E-state index contributed by atoms with van der Waals surface area (Å²) >= 11 is 0. The third-order valence-electron chi connectivity index (χ3n) is 4.52. The van der Waals surface area contributed by atoms with E-state index in [4.69, 9.17) is 0 Å². The van der Waals surface area contributed by atoms with E-state index in [0.29, 0.717) is 18.7 Å². The highest BCUT2D eigenvalue weighted by molar-refractivity contribution is 7.89. The maximum absolute atomic E-state index is 12.4. The number of rotatable bonds is 7. The number of nitrogens with zero attached hydrogens (tertiary/aromatic N) is 4. The number of amides is 1. The molecule has 3 aromatic rings. The minimum atomic E-state index is -3.59. The number of nitrogens with one attached hydrogen (secondary N) is 2. The van der Waals surface area contributed by atoms with Crippen molar-refractivity contribution < 1.29 is 13.2 Å². The van der Waals surface area contributed by atoms with E-state index in [1.54, 1.807) is 0 Å². The van der Waals surface area contributed by atoms with Crippen molar-refractivity contribution >= 4 is 32.8 Å². The Morgan fingerprint density at radius 1 is 1.10 bits per heavy atom. The lowest BCUT2D eigenvalue weighted by Gasteiger charge is -2.09. The molecule has 11 nitrogen and oxygen atoms in total. The van der Waals surface area contributed by atoms with Gasteiger partial charge in [-0.2, -0.15) is 0 Å². The van der Waals surface area contributed by atoms with Crippen LogP contribution in [0.5, 0.6) is 0 Å². The number of anilines is 1. The fourth-order valence-corrected chi connectivity index (χ4v) is 4.04. The van der Waals surface area contributed by atoms with Crippen LogP contribution in [0.15, 0.2) is 45.1 Å². The minimum absolute atomic E-state index is 0.0963. The van der Waals surface area contributed by atoms with Crippen LogP contribution in [0.1, 0.15) is 13.3 Å². The number of imidazole rings is 1. The van der Waals surface area contributed by atoms with Gasteiger partial charge in [0.2, 0.25) is 15.9 Å². The van der Waals surface area contributed by atoms with Gasteiger partial charge in [-0.15, -0.1) is 0 Å². The summed E-state index contributed by atoms with van der Waals surface area (Å²) in [6.45, 7) is 1.99. The summed E-state index contributed by atoms with van der Waals surface area (Å²) in [6, 6.07) is 5.75. The highest BCUT2D eigenvalue weighted by Gasteiger charge is 2.17. The number of sulfonamides is 1. The van der Waals surface area contributed by atoms with E-state index in [1.807, 2.05) is 6.92 Å². The maximum Gasteiger partial charge on any atom is 0.332 e. The normalized spacial score (nSPS) is 11.7. The summed E-state index contributed by atoms with van der Waals surface area (Å²) in [5.74, 6) is -0.440. The first-order valence-electron chi connectivity index (χ1n) is 9.16. The standard InChI is InChI=1S/C18H22N6O5S/c1-4-9-20-30(28,29)13-7-5-12(6-8-13)21-14(25)10-24-11-19-16-15(24)17(26)23(3)18(27)22(16)2/h5-8,11,20H,4,9-10H2,1-3H3,(H,21,25). The monoisotopic (exact) mass is 434 g/mol. The fraction of sp³-hybridized carbons (Fsp3) is 0.333. The van der Waals surface area contributed by atoms with Crippen LogP contribution >= 0.6 is 0 Å². The highest BCUT2D eigenvalue weighted by Crippen LogP contribution is 2.14. The van der Waals surface area contributed by atoms with Gasteiger partial charge in [0.05, 0.1) is 11.2 Å². The number of hydrogen-bond acceptors (Lipinski definition) is 6. The Kier molecular flexibility index (Phi) is 5.89. The largest absolute Gasteiger partial charge is 0.332 e. The molecular formula is C18H22N6O5S. The molecule has 0 saturated heterocycles. The molecule has 1 aromatic carbocycles. The second kappa shape index (κ2) is 8.24. The van der Waals surface area contributed by atoms with Gasteiger partial charge in [0.1, 0.15) is 6.54 Å². The van der Waals surface area contributed by atoms with Crippen LogP contribution in [0.3, 0.4) is 0 Å². The van der Waals surface area contributed by atoms with Crippen LogP contribution in [-0.2, 0) is 35.5 Å². The number of hydrogen-bond donors (Lipinski definition) is 2. The van der Waals surface area contributed by atoms with Crippen molar-refractivity contribution in [3.63, 3.8) is 0 Å². The van der Waals surface area contributed by atoms with Gasteiger partial charge in [0.25, 0.3) is 5.56 Å². The van der Waals surface area contributed by atoms with E-state index in [2.05, 4.69) is 15.0 Å². The van der Waals surface area contributed by atoms with Crippen molar-refractivity contribution in [2.24, 2.45) is 14.1 Å². The molecule has 1 amide bonds. The number of carbonyl (C=O) groups excluding carboxylic acids is 1. The molecule has 0 unspecified atom stereocenters. The van der Waals surface area contributed by atoms with Crippen LogP contribution in [-0.4, -0.2) is 39.6 Å². The molecular weight excluding hydrogens is 412 g/mol. The van der Waals surface area contributed by atoms with Crippen molar-refractivity contribution in [3.8, 4) is 0 Å². The molecule has 0 spiro atoms. The number of fused-ring (bicyclic) bond motifs is 1. The molecule has 0 atom stereocenters. The molecule has 2 N–H and O–H groups in total. The van der Waals surface area contributed by atoms with Gasteiger partial charge in [-0.25, -0.2) is 22.9 Å². The Labute approximate surface area is 172 Å². The number of aromatic nitrogens is 4. The first kappa shape index (κ1) is 21.5. The zero-order valence-corrected chi connectivity index (χ0v) is 17.6. The molecule has 0 aliphatic carbocycles. The third kappa shape index (κ3) is 4.04. The van der Waals surface area contributed by atoms with Crippen LogP contribution < -0.4 is 21.3 Å². The van der Waals surface area contributed by atoms with Crippen molar-refractivity contribution in [1.82, 2.24) is 23.4 Å². The summed E-state index contributed by atoms with van der Waals surface area (Å²) in [5.41, 5.74) is -0.333. The maximum atomic E-state index is 12.4. The molecule has 0 fully saturated rings. The topological polar surface area (TPSA) is 137 Å². The van der Waals surface area contributed by atoms with E-state index in [9.17, 15) is 22.8 Å². The molecule has 2 aromatic heterocycles. The summed E-state index contributed by atoms with van der Waals surface area (Å²) in [5, 5.41) is 2.65. The van der Waals surface area contributed by atoms with Gasteiger partial charge >= 0.3 is 5.69 Å². The molecule has 0 bridgehead atoms. The number of aryl methyl sites for hydroxylation is 1. The molecule has 0 aliphatic rings. The molecule has 160 valence electrons. The molecule has 3 rings (SSSR count). The predicted molar refractivity (Wildman–Crippen MR) is 111 cm³/mol. The molecule has 0 aliphatic heterocycles. The molecule has 0 radical (unpaired) electrons. The number of benzene rings is 1. The van der Waals surface area contributed by atoms with Crippen molar-refractivity contribution in [2.75, 3.05) is 11.9 Å². The van der Waals surface area contributed by atoms with Crippen LogP contribution in [0.4, 0.5) is 5.69 Å². The molecule has 2 heterocycles. The number of carbonyl (C=O) groups is 1. The zero-order chi connectivity index (χ0) is 22.1. The molecule has 30 heavy (non-hydrogen) atoms. The van der Waals surface area contributed by atoms with Crippen molar-refractivity contribution in [1.29, 1.82) is 0 Å². The van der Waals surface area contributed by atoms with Gasteiger partial charge in [0.15, 0.2) is 11.2 Å². The minimum Gasteiger partial charge on any atom is -0.325 e. The van der Waals surface area contributed by atoms with E-state index < -0.39 is 27.2 Å². The molecule has 0 saturated carbocycles. The van der Waals surface area contributed by atoms with Gasteiger partial charge in [-0.3, -0.25) is 18.7 Å². The highest BCUT2D eigenvalue weighted by atomic mass is 32.2. The van der Waals surface area contributed by atoms with Crippen LogP contribution in [0, 0.1) is 0 Å². The van der Waals surface area contributed by atoms with E-state index >= 15 is 0 Å². The summed E-state index contributed by atoms with van der Waals surface area (Å²) < 4.78 is 30.2. The summed E-state index contributed by atoms with van der Waals surface area (Å²) in [6.07, 6.45) is 1.99. The average Bonchev–Trinajstić information content (AvgIpc) is 3.13. The van der Waals surface area contributed by atoms with Crippen LogP contribution in [0.25, 0.3) is 11.2 Å². The van der Waals surface area contributed by atoms with Crippen molar-refractivity contribution in [3.05, 3.63) is 51.4 Å². The first-order valence-corrected chi connectivity index (χ1v) is 10.6. The Bertz CT molecular complexity index is 1320. The Balaban J connectivity index is 1.78. The molecule has 12 heteroatoms. The van der Waals surface area contributed by atoms with E-state index in [-0.39, 0.29) is 22.6 Å². The predicted octanol–water partition coefficient (Wildman–Crippen LogP) is -0.239. The lowest BCUT2D eigenvalue weighted by atomic mass is 10.3. The first-order chi connectivity index (χ1) is 14.2. The fourth-order valence-electron chi connectivity index (χ4n) is 2.91.